The summed E-state index contributed by atoms with van der Waals surface area (Å²) in [4.78, 5) is 24.7. The number of nitrogens with zero attached hydrogens (tertiary/aromatic N) is 3. The molecule has 1 aliphatic rings. The summed E-state index contributed by atoms with van der Waals surface area (Å²) < 4.78 is 0. The molecule has 0 aliphatic carbocycles. The number of pyridine rings is 1. The first-order chi connectivity index (χ1) is 14.5. The van der Waals surface area contributed by atoms with Gasteiger partial charge in [-0.25, -0.2) is 9.97 Å². The molecule has 3 heterocycles. The number of benzene rings is 1. The van der Waals surface area contributed by atoms with Crippen LogP contribution in [-0.4, -0.2) is 34.4 Å². The summed E-state index contributed by atoms with van der Waals surface area (Å²) in [7, 11) is 2.18. The molecule has 1 N–H and O–H groups in total. The summed E-state index contributed by atoms with van der Waals surface area (Å²) in [5.41, 5.74) is 2.92. The van der Waals surface area contributed by atoms with Crippen molar-refractivity contribution in [2.75, 3.05) is 18.9 Å². The summed E-state index contributed by atoms with van der Waals surface area (Å²) in [5, 5.41) is 4.66. The average molecular weight is 441 g/mol. The van der Waals surface area contributed by atoms with E-state index in [2.05, 4.69) is 22.2 Å². The van der Waals surface area contributed by atoms with Gasteiger partial charge in [0.25, 0.3) is 0 Å². The lowest BCUT2D eigenvalue weighted by Crippen LogP contribution is -2.29. The highest BCUT2D eigenvalue weighted by atomic mass is 35.5. The van der Waals surface area contributed by atoms with Gasteiger partial charge in [0.2, 0.25) is 5.91 Å². The highest BCUT2D eigenvalue weighted by Gasteiger charge is 2.26. The van der Waals surface area contributed by atoms with Crippen LogP contribution in [0.3, 0.4) is 0 Å². The standard InChI is InChI=1S/C23H25ClN4OS/c1-3-20(29)26-19-14-16(10-11-25-19)22-21(15-7-6-8-17(24)13-15)27-23(30-22)18-9-4-5-12-28(18)2/h6-8,10-11,13-14,18H,3-5,9,12H2,1-2H3,(H,25,26,29). The zero-order chi connectivity index (χ0) is 21.1. The minimum Gasteiger partial charge on any atom is -0.311 e. The molecule has 1 unspecified atom stereocenters. The summed E-state index contributed by atoms with van der Waals surface area (Å²) in [6.45, 7) is 2.92. The van der Waals surface area contributed by atoms with Gasteiger partial charge in [0.1, 0.15) is 10.8 Å². The van der Waals surface area contributed by atoms with E-state index in [9.17, 15) is 4.79 Å². The molecule has 0 spiro atoms. The summed E-state index contributed by atoms with van der Waals surface area (Å²) in [6.07, 6.45) is 5.72. The largest absolute Gasteiger partial charge is 0.311 e. The Labute approximate surface area is 186 Å². The number of likely N-dealkylation sites (tertiary alicyclic amines) is 1. The number of nitrogens with one attached hydrogen (secondary N) is 1. The lowest BCUT2D eigenvalue weighted by molar-refractivity contribution is -0.115. The number of anilines is 1. The van der Waals surface area contributed by atoms with Crippen molar-refractivity contribution in [3.63, 3.8) is 0 Å². The normalized spacial score (nSPS) is 17.1. The van der Waals surface area contributed by atoms with Gasteiger partial charge in [-0.1, -0.05) is 37.1 Å². The fourth-order valence-corrected chi connectivity index (χ4v) is 5.24. The topological polar surface area (TPSA) is 58.1 Å². The van der Waals surface area contributed by atoms with Crippen LogP contribution in [0.1, 0.15) is 43.7 Å². The number of hydrogen-bond acceptors (Lipinski definition) is 5. The van der Waals surface area contributed by atoms with Crippen molar-refractivity contribution in [2.45, 2.75) is 38.6 Å². The van der Waals surface area contributed by atoms with E-state index in [-0.39, 0.29) is 5.91 Å². The van der Waals surface area contributed by atoms with Crippen LogP contribution in [0.2, 0.25) is 5.02 Å². The predicted octanol–water partition coefficient (Wildman–Crippen LogP) is 6.03. The van der Waals surface area contributed by atoms with E-state index in [1.807, 2.05) is 43.3 Å². The maximum absolute atomic E-state index is 11.8. The number of carbonyl (C=O) groups is 1. The monoisotopic (exact) mass is 440 g/mol. The molecule has 1 aromatic carbocycles. The summed E-state index contributed by atoms with van der Waals surface area (Å²) in [5.74, 6) is 0.504. The van der Waals surface area contributed by atoms with Crippen LogP contribution in [0.5, 0.6) is 0 Å². The minimum absolute atomic E-state index is 0.0523. The molecule has 1 aliphatic heterocycles. The van der Waals surface area contributed by atoms with Gasteiger partial charge < -0.3 is 5.32 Å². The molecule has 0 bridgehead atoms. The van der Waals surface area contributed by atoms with Crippen LogP contribution < -0.4 is 5.32 Å². The third kappa shape index (κ3) is 4.56. The van der Waals surface area contributed by atoms with Gasteiger partial charge >= 0.3 is 0 Å². The van der Waals surface area contributed by atoms with Crippen molar-refractivity contribution >= 4 is 34.7 Å². The van der Waals surface area contributed by atoms with Crippen molar-refractivity contribution in [3.8, 4) is 21.7 Å². The number of amides is 1. The van der Waals surface area contributed by atoms with E-state index in [0.717, 1.165) is 39.7 Å². The number of thiazole rings is 1. The third-order valence-corrected chi connectivity index (χ3v) is 6.85. The van der Waals surface area contributed by atoms with Gasteiger partial charge in [-0.05, 0) is 56.3 Å². The quantitative estimate of drug-likeness (QED) is 0.526. The average Bonchev–Trinajstić information content (AvgIpc) is 3.19. The lowest BCUT2D eigenvalue weighted by atomic mass is 10.0. The van der Waals surface area contributed by atoms with E-state index in [1.54, 1.807) is 17.5 Å². The highest BCUT2D eigenvalue weighted by Crippen LogP contribution is 2.42. The molecule has 1 atom stereocenters. The van der Waals surface area contributed by atoms with Crippen molar-refractivity contribution < 1.29 is 4.79 Å². The van der Waals surface area contributed by atoms with Crippen LogP contribution in [-0.2, 0) is 4.79 Å². The molecule has 5 nitrogen and oxygen atoms in total. The molecular formula is C23H25ClN4OS. The van der Waals surface area contributed by atoms with Crippen molar-refractivity contribution in [3.05, 3.63) is 52.6 Å². The van der Waals surface area contributed by atoms with Crippen molar-refractivity contribution in [1.82, 2.24) is 14.9 Å². The zero-order valence-electron chi connectivity index (χ0n) is 17.2. The zero-order valence-corrected chi connectivity index (χ0v) is 18.8. The third-order valence-electron chi connectivity index (χ3n) is 5.41. The van der Waals surface area contributed by atoms with E-state index < -0.39 is 0 Å². The Morgan fingerprint density at radius 3 is 2.90 bits per heavy atom. The molecule has 0 saturated carbocycles. The first-order valence-corrected chi connectivity index (χ1v) is 11.5. The molecule has 156 valence electrons. The molecule has 2 aromatic heterocycles. The molecule has 0 radical (unpaired) electrons. The van der Waals surface area contributed by atoms with Crippen LogP contribution in [0.15, 0.2) is 42.6 Å². The van der Waals surface area contributed by atoms with Crippen LogP contribution >= 0.6 is 22.9 Å². The van der Waals surface area contributed by atoms with E-state index in [0.29, 0.717) is 23.3 Å². The van der Waals surface area contributed by atoms with E-state index >= 15 is 0 Å². The molecular weight excluding hydrogens is 416 g/mol. The van der Waals surface area contributed by atoms with Crippen LogP contribution in [0.4, 0.5) is 5.82 Å². The second-order valence-corrected chi connectivity index (χ2v) is 9.03. The SMILES string of the molecule is CCC(=O)Nc1cc(-c2sc(C3CCCCN3C)nc2-c2cccc(Cl)c2)ccn1. The second kappa shape index (κ2) is 9.25. The van der Waals surface area contributed by atoms with E-state index in [1.165, 1.54) is 12.8 Å². The Morgan fingerprint density at radius 2 is 2.13 bits per heavy atom. The summed E-state index contributed by atoms with van der Waals surface area (Å²) in [6, 6.07) is 12.0. The summed E-state index contributed by atoms with van der Waals surface area (Å²) >= 11 is 8.00. The van der Waals surface area contributed by atoms with Gasteiger partial charge in [-0.15, -0.1) is 11.3 Å². The lowest BCUT2D eigenvalue weighted by Gasteiger charge is -2.30. The number of hydrogen-bond donors (Lipinski definition) is 1. The van der Waals surface area contributed by atoms with Crippen molar-refractivity contribution in [2.24, 2.45) is 0 Å². The molecule has 1 saturated heterocycles. The molecule has 3 aromatic rings. The van der Waals surface area contributed by atoms with Gasteiger partial charge in [0.15, 0.2) is 0 Å². The van der Waals surface area contributed by atoms with Gasteiger partial charge in [0, 0.05) is 23.2 Å². The minimum atomic E-state index is -0.0523. The molecule has 7 heteroatoms. The smallest absolute Gasteiger partial charge is 0.225 e. The Hall–Kier alpha value is -2.28. The predicted molar refractivity (Wildman–Crippen MR) is 124 cm³/mol. The Bertz CT molecular complexity index is 1050. The molecule has 1 amide bonds. The van der Waals surface area contributed by atoms with E-state index in [4.69, 9.17) is 16.6 Å². The number of rotatable bonds is 5. The first-order valence-electron chi connectivity index (χ1n) is 10.3. The molecule has 30 heavy (non-hydrogen) atoms. The molecule has 4 rings (SSSR count). The number of halogens is 1. The number of piperidine rings is 1. The maximum Gasteiger partial charge on any atom is 0.225 e. The highest BCUT2D eigenvalue weighted by molar-refractivity contribution is 7.15. The maximum atomic E-state index is 11.8. The van der Waals surface area contributed by atoms with Crippen LogP contribution in [0.25, 0.3) is 21.7 Å². The Kier molecular flexibility index (Phi) is 6.46. The number of aromatic nitrogens is 2. The second-order valence-electron chi connectivity index (χ2n) is 7.56. The Balaban J connectivity index is 1.79. The fraction of sp³-hybridized carbons (Fsp3) is 0.348. The fourth-order valence-electron chi connectivity index (χ4n) is 3.76. The van der Waals surface area contributed by atoms with Crippen molar-refractivity contribution in [1.29, 1.82) is 0 Å². The van der Waals surface area contributed by atoms with Gasteiger partial charge in [-0.3, -0.25) is 9.69 Å². The van der Waals surface area contributed by atoms with Gasteiger partial charge in [-0.2, -0.15) is 0 Å². The Morgan fingerprint density at radius 1 is 1.27 bits per heavy atom. The van der Waals surface area contributed by atoms with Crippen LogP contribution in [0, 0.1) is 0 Å². The first kappa shape index (κ1) is 21.0. The molecule has 1 fully saturated rings. The number of carbonyl (C=O) groups excluding carboxylic acids is 1. The van der Waals surface area contributed by atoms with Gasteiger partial charge in [0.05, 0.1) is 16.6 Å².